The highest BCUT2D eigenvalue weighted by Gasteiger charge is 2.43. The van der Waals surface area contributed by atoms with E-state index in [1.54, 1.807) is 24.3 Å². The number of aromatic nitrogens is 1. The summed E-state index contributed by atoms with van der Waals surface area (Å²) in [7, 11) is 0. The van der Waals surface area contributed by atoms with Crippen LogP contribution in [0.2, 0.25) is 10.2 Å². The molecule has 0 bridgehead atoms. The van der Waals surface area contributed by atoms with Crippen LogP contribution in [-0.4, -0.2) is 23.5 Å². The van der Waals surface area contributed by atoms with E-state index in [-0.39, 0.29) is 28.3 Å². The first-order valence-corrected chi connectivity index (χ1v) is 10.0. The SMILES string of the molecule is CC(C)(C)CC1NCC(c2cccc(Cl)c2F)C1C(=O)Nc1ccnc(Cl)c1. The number of hydrogen-bond donors (Lipinski definition) is 2. The normalized spacial score (nSPS) is 22.3. The Morgan fingerprint density at radius 2 is 2.07 bits per heavy atom. The second kappa shape index (κ2) is 8.36. The van der Waals surface area contributed by atoms with E-state index in [9.17, 15) is 9.18 Å². The fourth-order valence-corrected chi connectivity index (χ4v) is 4.21. The van der Waals surface area contributed by atoms with E-state index in [2.05, 4.69) is 36.4 Å². The monoisotopic (exact) mass is 423 g/mol. The minimum Gasteiger partial charge on any atom is -0.326 e. The van der Waals surface area contributed by atoms with E-state index in [1.807, 2.05) is 0 Å². The Kier molecular flexibility index (Phi) is 6.28. The number of rotatable bonds is 4. The van der Waals surface area contributed by atoms with Crippen molar-refractivity contribution in [3.05, 3.63) is 58.1 Å². The zero-order chi connectivity index (χ0) is 20.5. The quantitative estimate of drug-likeness (QED) is 0.658. The predicted octanol–water partition coefficient (Wildman–Crippen LogP) is 5.27. The van der Waals surface area contributed by atoms with Crippen molar-refractivity contribution < 1.29 is 9.18 Å². The van der Waals surface area contributed by atoms with Crippen molar-refractivity contribution >= 4 is 34.8 Å². The van der Waals surface area contributed by atoms with Gasteiger partial charge in [0.1, 0.15) is 11.0 Å². The lowest BCUT2D eigenvalue weighted by Crippen LogP contribution is -2.38. The fourth-order valence-electron chi connectivity index (χ4n) is 3.85. The molecule has 1 aromatic carbocycles. The summed E-state index contributed by atoms with van der Waals surface area (Å²) < 4.78 is 14.7. The van der Waals surface area contributed by atoms with Gasteiger partial charge in [0.2, 0.25) is 5.91 Å². The first kappa shape index (κ1) is 21.0. The Balaban J connectivity index is 1.93. The van der Waals surface area contributed by atoms with E-state index in [1.165, 1.54) is 12.3 Å². The number of carbonyl (C=O) groups excluding carboxylic acids is 1. The zero-order valence-corrected chi connectivity index (χ0v) is 17.6. The molecular formula is C21H24Cl2FN3O. The Morgan fingerprint density at radius 3 is 2.75 bits per heavy atom. The molecule has 1 aromatic heterocycles. The third-order valence-corrected chi connectivity index (χ3v) is 5.48. The van der Waals surface area contributed by atoms with Gasteiger partial charge in [0.05, 0.1) is 10.9 Å². The molecule has 2 aromatic rings. The van der Waals surface area contributed by atoms with Crippen LogP contribution in [0.4, 0.5) is 10.1 Å². The predicted molar refractivity (Wildman–Crippen MR) is 111 cm³/mol. The molecule has 7 heteroatoms. The Morgan fingerprint density at radius 1 is 1.32 bits per heavy atom. The van der Waals surface area contributed by atoms with E-state index in [0.29, 0.717) is 22.9 Å². The molecule has 4 nitrogen and oxygen atoms in total. The molecular weight excluding hydrogens is 400 g/mol. The summed E-state index contributed by atoms with van der Waals surface area (Å²) in [5.41, 5.74) is 1.04. The van der Waals surface area contributed by atoms with Gasteiger partial charge in [0.25, 0.3) is 0 Å². The van der Waals surface area contributed by atoms with Crippen molar-refractivity contribution in [1.82, 2.24) is 10.3 Å². The molecule has 1 amide bonds. The molecule has 3 rings (SSSR count). The number of nitrogens with zero attached hydrogens (tertiary/aromatic N) is 1. The lowest BCUT2D eigenvalue weighted by atomic mass is 9.78. The van der Waals surface area contributed by atoms with Crippen molar-refractivity contribution in [3.8, 4) is 0 Å². The molecule has 2 N–H and O–H groups in total. The minimum absolute atomic E-state index is 0.0118. The van der Waals surface area contributed by atoms with Gasteiger partial charge in [-0.05, 0) is 35.6 Å². The Labute approximate surface area is 174 Å². The summed E-state index contributed by atoms with van der Waals surface area (Å²) in [6.07, 6.45) is 2.31. The highest BCUT2D eigenvalue weighted by atomic mass is 35.5. The van der Waals surface area contributed by atoms with Crippen molar-refractivity contribution in [3.63, 3.8) is 0 Å². The average Bonchev–Trinajstić information content (AvgIpc) is 2.99. The first-order valence-electron chi connectivity index (χ1n) is 9.25. The largest absolute Gasteiger partial charge is 0.326 e. The summed E-state index contributed by atoms with van der Waals surface area (Å²) in [6, 6.07) is 8.13. The number of pyridine rings is 1. The van der Waals surface area contributed by atoms with Gasteiger partial charge in [0.15, 0.2) is 0 Å². The van der Waals surface area contributed by atoms with Crippen LogP contribution in [0.25, 0.3) is 0 Å². The van der Waals surface area contributed by atoms with Crippen LogP contribution in [0.15, 0.2) is 36.5 Å². The maximum atomic E-state index is 14.7. The average molecular weight is 424 g/mol. The van der Waals surface area contributed by atoms with Crippen LogP contribution in [0.1, 0.15) is 38.7 Å². The number of nitrogens with one attached hydrogen (secondary N) is 2. The van der Waals surface area contributed by atoms with Crippen LogP contribution in [0.3, 0.4) is 0 Å². The van der Waals surface area contributed by atoms with Crippen LogP contribution >= 0.6 is 23.2 Å². The van der Waals surface area contributed by atoms with Gasteiger partial charge in [-0.25, -0.2) is 9.37 Å². The summed E-state index contributed by atoms with van der Waals surface area (Å²) in [5, 5.41) is 6.71. The van der Waals surface area contributed by atoms with Crippen molar-refractivity contribution in [1.29, 1.82) is 0 Å². The zero-order valence-electron chi connectivity index (χ0n) is 16.1. The van der Waals surface area contributed by atoms with Gasteiger partial charge in [-0.1, -0.05) is 56.1 Å². The Bertz CT molecular complexity index is 869. The maximum absolute atomic E-state index is 14.7. The number of hydrogen-bond acceptors (Lipinski definition) is 3. The van der Waals surface area contributed by atoms with Gasteiger partial charge >= 0.3 is 0 Å². The summed E-state index contributed by atoms with van der Waals surface area (Å²) in [6.45, 7) is 6.88. The summed E-state index contributed by atoms with van der Waals surface area (Å²) in [5.74, 6) is -1.40. The molecule has 0 saturated carbocycles. The van der Waals surface area contributed by atoms with Crippen LogP contribution in [0, 0.1) is 17.2 Å². The minimum atomic E-state index is -0.461. The van der Waals surface area contributed by atoms with Crippen LogP contribution < -0.4 is 10.6 Å². The highest BCUT2D eigenvalue weighted by molar-refractivity contribution is 6.30. The number of benzene rings is 1. The van der Waals surface area contributed by atoms with E-state index >= 15 is 0 Å². The van der Waals surface area contributed by atoms with Crippen molar-refractivity contribution in [2.75, 3.05) is 11.9 Å². The number of carbonyl (C=O) groups is 1. The molecule has 0 radical (unpaired) electrons. The molecule has 3 unspecified atom stereocenters. The van der Waals surface area contributed by atoms with E-state index in [0.717, 1.165) is 6.42 Å². The van der Waals surface area contributed by atoms with Crippen LogP contribution in [0.5, 0.6) is 0 Å². The molecule has 1 fully saturated rings. The van der Waals surface area contributed by atoms with Gasteiger partial charge in [-0.2, -0.15) is 0 Å². The molecule has 150 valence electrons. The topological polar surface area (TPSA) is 54.0 Å². The number of amides is 1. The molecule has 1 aliphatic heterocycles. The van der Waals surface area contributed by atoms with Gasteiger partial charge < -0.3 is 10.6 Å². The maximum Gasteiger partial charge on any atom is 0.229 e. The van der Waals surface area contributed by atoms with Crippen molar-refractivity contribution in [2.24, 2.45) is 11.3 Å². The fraction of sp³-hybridized carbons (Fsp3) is 0.429. The third kappa shape index (κ3) is 4.83. The first-order chi connectivity index (χ1) is 13.2. The van der Waals surface area contributed by atoms with Gasteiger partial charge in [-0.3, -0.25) is 4.79 Å². The van der Waals surface area contributed by atoms with Crippen LogP contribution in [-0.2, 0) is 4.79 Å². The second-order valence-corrected chi connectivity index (χ2v) is 9.21. The highest BCUT2D eigenvalue weighted by Crippen LogP contribution is 2.39. The Hall–Kier alpha value is -1.69. The van der Waals surface area contributed by atoms with E-state index < -0.39 is 11.7 Å². The van der Waals surface area contributed by atoms with Gasteiger partial charge in [-0.15, -0.1) is 0 Å². The standard InChI is InChI=1S/C21H24Cl2FN3O/c1-21(2,3)10-16-18(20(28)27-12-7-8-25-17(23)9-12)14(11-26-16)13-5-4-6-15(22)19(13)24/h4-9,14,16,18,26H,10-11H2,1-3H3,(H,25,27,28). The van der Waals surface area contributed by atoms with Crippen molar-refractivity contribution in [2.45, 2.75) is 39.2 Å². The van der Waals surface area contributed by atoms with E-state index in [4.69, 9.17) is 23.2 Å². The molecule has 1 aliphatic rings. The molecule has 0 aliphatic carbocycles. The summed E-state index contributed by atoms with van der Waals surface area (Å²) >= 11 is 11.9. The summed E-state index contributed by atoms with van der Waals surface area (Å²) in [4.78, 5) is 17.2. The number of halogens is 3. The lowest BCUT2D eigenvalue weighted by Gasteiger charge is -2.29. The lowest BCUT2D eigenvalue weighted by molar-refractivity contribution is -0.120. The van der Waals surface area contributed by atoms with Gasteiger partial charge in [0, 0.05) is 30.4 Å². The smallest absolute Gasteiger partial charge is 0.229 e. The third-order valence-electron chi connectivity index (χ3n) is 4.98. The molecule has 2 heterocycles. The number of anilines is 1. The molecule has 1 saturated heterocycles. The molecule has 3 atom stereocenters. The molecule has 28 heavy (non-hydrogen) atoms. The second-order valence-electron chi connectivity index (χ2n) is 8.41. The molecule has 0 spiro atoms.